The molecule has 4 heteroatoms. The lowest BCUT2D eigenvalue weighted by atomic mass is 9.84. The van der Waals surface area contributed by atoms with Crippen molar-refractivity contribution < 1.29 is 0 Å². The first-order valence-electron chi connectivity index (χ1n) is 7.19. The second-order valence-corrected chi connectivity index (χ2v) is 6.19. The molecule has 0 saturated heterocycles. The first-order chi connectivity index (χ1) is 9.38. The molecule has 1 saturated carbocycles. The number of nitrogens with two attached hydrogens (primary N) is 1. The van der Waals surface area contributed by atoms with Gasteiger partial charge in [-0.1, -0.05) is 31.4 Å². The number of hydrogen-bond acceptors (Lipinski definition) is 4. The smallest absolute Gasteiger partial charge is 0.117 e. The Labute approximate surface area is 118 Å². The summed E-state index contributed by atoms with van der Waals surface area (Å²) in [5.74, 6) is 0.722. The lowest BCUT2D eigenvalue weighted by Crippen LogP contribution is -2.37. The molecule has 0 amide bonds. The molecule has 0 aliphatic heterocycles. The van der Waals surface area contributed by atoms with Crippen LogP contribution in [0.5, 0.6) is 0 Å². The van der Waals surface area contributed by atoms with E-state index < -0.39 is 0 Å². The van der Waals surface area contributed by atoms with Crippen LogP contribution >= 0.6 is 11.5 Å². The van der Waals surface area contributed by atoms with Gasteiger partial charge in [0.1, 0.15) is 5.00 Å². The minimum absolute atomic E-state index is 0.393. The van der Waals surface area contributed by atoms with Gasteiger partial charge in [0, 0.05) is 18.0 Å². The molecule has 1 heterocycles. The molecule has 0 bridgehead atoms. The topological polar surface area (TPSA) is 50.9 Å². The molecular formula is C15H21N3S. The molecule has 3 nitrogen and oxygen atoms in total. The fourth-order valence-electron chi connectivity index (χ4n) is 3.07. The summed E-state index contributed by atoms with van der Waals surface area (Å²) >= 11 is 1.55. The minimum atomic E-state index is 0.393. The van der Waals surface area contributed by atoms with Crippen molar-refractivity contribution in [3.8, 4) is 0 Å². The maximum absolute atomic E-state index is 5.99. The van der Waals surface area contributed by atoms with Crippen LogP contribution in [0.25, 0.3) is 10.9 Å². The van der Waals surface area contributed by atoms with E-state index in [2.05, 4.69) is 27.9 Å². The van der Waals surface area contributed by atoms with Crippen molar-refractivity contribution in [1.29, 1.82) is 0 Å². The third-order valence-corrected chi connectivity index (χ3v) is 4.98. The van der Waals surface area contributed by atoms with Gasteiger partial charge in [0.2, 0.25) is 0 Å². The van der Waals surface area contributed by atoms with E-state index in [1.807, 2.05) is 6.07 Å². The Kier molecular flexibility index (Phi) is 3.99. The van der Waals surface area contributed by atoms with Gasteiger partial charge in [0.15, 0.2) is 0 Å². The van der Waals surface area contributed by atoms with E-state index in [4.69, 9.17) is 5.73 Å². The highest BCUT2D eigenvalue weighted by atomic mass is 32.1. The number of nitrogens with one attached hydrogen (secondary N) is 1. The Morgan fingerprint density at radius 3 is 2.84 bits per heavy atom. The van der Waals surface area contributed by atoms with Crippen LogP contribution in [0.3, 0.4) is 0 Å². The highest BCUT2D eigenvalue weighted by Gasteiger charge is 2.23. The number of hydrogen-bond donors (Lipinski definition) is 2. The molecule has 1 aromatic carbocycles. The highest BCUT2D eigenvalue weighted by Crippen LogP contribution is 2.32. The normalized spacial score (nSPS) is 18.6. The average Bonchev–Trinajstić information content (AvgIpc) is 2.89. The molecule has 1 aliphatic carbocycles. The maximum atomic E-state index is 5.99. The Bertz CT molecular complexity index is 531. The fraction of sp³-hybridized carbons (Fsp3) is 0.533. The zero-order valence-electron chi connectivity index (χ0n) is 11.1. The van der Waals surface area contributed by atoms with Gasteiger partial charge in [0.05, 0.1) is 5.52 Å². The van der Waals surface area contributed by atoms with Crippen molar-refractivity contribution in [2.75, 3.05) is 11.9 Å². The molecule has 1 unspecified atom stereocenters. The second-order valence-electron chi connectivity index (χ2n) is 5.41. The van der Waals surface area contributed by atoms with Crippen LogP contribution in [0.1, 0.15) is 32.1 Å². The predicted molar refractivity (Wildman–Crippen MR) is 82.7 cm³/mol. The van der Waals surface area contributed by atoms with E-state index in [1.54, 1.807) is 11.5 Å². The molecule has 102 valence electrons. The third kappa shape index (κ3) is 2.74. The van der Waals surface area contributed by atoms with Crippen LogP contribution in [0, 0.1) is 5.92 Å². The van der Waals surface area contributed by atoms with E-state index in [0.717, 1.165) is 11.4 Å². The van der Waals surface area contributed by atoms with Crippen molar-refractivity contribution >= 4 is 27.4 Å². The number of nitrogens with zero attached hydrogens (tertiary/aromatic N) is 1. The van der Waals surface area contributed by atoms with E-state index >= 15 is 0 Å². The molecule has 1 fully saturated rings. The van der Waals surface area contributed by atoms with Gasteiger partial charge >= 0.3 is 0 Å². The molecule has 0 radical (unpaired) electrons. The van der Waals surface area contributed by atoms with Crippen molar-refractivity contribution in [3.63, 3.8) is 0 Å². The van der Waals surface area contributed by atoms with Gasteiger partial charge in [-0.05, 0) is 42.4 Å². The number of aromatic nitrogens is 1. The van der Waals surface area contributed by atoms with Crippen molar-refractivity contribution in [2.45, 2.75) is 38.1 Å². The van der Waals surface area contributed by atoms with Gasteiger partial charge < -0.3 is 11.1 Å². The molecule has 0 spiro atoms. The van der Waals surface area contributed by atoms with Crippen molar-refractivity contribution in [2.24, 2.45) is 11.7 Å². The Balaban J connectivity index is 1.78. The summed E-state index contributed by atoms with van der Waals surface area (Å²) in [7, 11) is 0. The van der Waals surface area contributed by atoms with E-state index in [-0.39, 0.29) is 0 Å². The Hall–Kier alpha value is -1.13. The first kappa shape index (κ1) is 12.9. The molecule has 19 heavy (non-hydrogen) atoms. The van der Waals surface area contributed by atoms with E-state index in [0.29, 0.717) is 12.6 Å². The summed E-state index contributed by atoms with van der Waals surface area (Å²) in [6.45, 7) is 0.705. The van der Waals surface area contributed by atoms with Crippen LogP contribution in [0.15, 0.2) is 24.3 Å². The van der Waals surface area contributed by atoms with E-state index in [9.17, 15) is 0 Å². The second kappa shape index (κ2) is 5.88. The minimum Gasteiger partial charge on any atom is -0.371 e. The molecule has 2 aromatic rings. The highest BCUT2D eigenvalue weighted by molar-refractivity contribution is 7.11. The fourth-order valence-corrected chi connectivity index (χ4v) is 3.89. The predicted octanol–water partition coefficient (Wildman–Crippen LogP) is 3.62. The molecule has 1 atom stereocenters. The molecule has 1 aliphatic rings. The van der Waals surface area contributed by atoms with Gasteiger partial charge in [0.25, 0.3) is 0 Å². The van der Waals surface area contributed by atoms with Crippen LogP contribution in [0.4, 0.5) is 5.00 Å². The Morgan fingerprint density at radius 2 is 2.05 bits per heavy atom. The van der Waals surface area contributed by atoms with Gasteiger partial charge in [-0.2, -0.15) is 4.37 Å². The molecule has 3 N–H and O–H groups in total. The zero-order valence-corrected chi connectivity index (χ0v) is 12.0. The van der Waals surface area contributed by atoms with Crippen LogP contribution in [-0.2, 0) is 0 Å². The summed E-state index contributed by atoms with van der Waals surface area (Å²) in [4.78, 5) is 0. The average molecular weight is 275 g/mol. The zero-order chi connectivity index (χ0) is 13.1. The summed E-state index contributed by atoms with van der Waals surface area (Å²) < 4.78 is 4.49. The maximum Gasteiger partial charge on any atom is 0.117 e. The van der Waals surface area contributed by atoms with Crippen LogP contribution in [0.2, 0.25) is 0 Å². The first-order valence-corrected chi connectivity index (χ1v) is 7.97. The van der Waals surface area contributed by atoms with Gasteiger partial charge in [-0.15, -0.1) is 0 Å². The third-order valence-electron chi connectivity index (χ3n) is 4.17. The number of fused-ring (bicyclic) bond motifs is 1. The van der Waals surface area contributed by atoms with Crippen LogP contribution < -0.4 is 11.1 Å². The lowest BCUT2D eigenvalue weighted by molar-refractivity contribution is 0.321. The van der Waals surface area contributed by atoms with Crippen molar-refractivity contribution in [3.05, 3.63) is 24.3 Å². The SMILES string of the molecule is NCC(Nc1snc2ccccc12)C1CCCCC1. The quantitative estimate of drug-likeness (QED) is 0.896. The molecular weight excluding hydrogens is 254 g/mol. The number of anilines is 1. The summed E-state index contributed by atoms with van der Waals surface area (Å²) in [5, 5.41) is 6.05. The molecule has 1 aromatic heterocycles. The monoisotopic (exact) mass is 275 g/mol. The summed E-state index contributed by atoms with van der Waals surface area (Å²) in [6.07, 6.45) is 6.72. The van der Waals surface area contributed by atoms with E-state index in [1.165, 1.54) is 42.5 Å². The number of rotatable bonds is 4. The largest absolute Gasteiger partial charge is 0.371 e. The Morgan fingerprint density at radius 1 is 1.26 bits per heavy atom. The summed E-state index contributed by atoms with van der Waals surface area (Å²) in [5.41, 5.74) is 7.06. The van der Waals surface area contributed by atoms with Crippen molar-refractivity contribution in [1.82, 2.24) is 4.37 Å². The van der Waals surface area contributed by atoms with Gasteiger partial charge in [-0.3, -0.25) is 0 Å². The molecule has 3 rings (SSSR count). The number of benzene rings is 1. The lowest BCUT2D eigenvalue weighted by Gasteiger charge is -2.30. The van der Waals surface area contributed by atoms with Crippen LogP contribution in [-0.4, -0.2) is 17.0 Å². The standard InChI is InChI=1S/C15H21N3S/c16-10-14(11-6-2-1-3-7-11)17-15-12-8-4-5-9-13(12)18-19-15/h4-5,8-9,11,14,17H,1-3,6-7,10,16H2. The summed E-state index contributed by atoms with van der Waals surface area (Å²) in [6, 6.07) is 8.70. The van der Waals surface area contributed by atoms with Gasteiger partial charge in [-0.25, -0.2) is 0 Å².